The Bertz CT molecular complexity index is 274. The first-order chi connectivity index (χ1) is 5.57. The summed E-state index contributed by atoms with van der Waals surface area (Å²) < 4.78 is 10.7. The zero-order valence-corrected chi connectivity index (χ0v) is 8.39. The molecule has 1 unspecified atom stereocenters. The van der Waals surface area contributed by atoms with Gasteiger partial charge in [0.2, 0.25) is 0 Å². The SMILES string of the molecule is COC(C)c1c(C)oc(C)c1C. The number of aryl methyl sites for hydroxylation is 2. The lowest BCUT2D eigenvalue weighted by Gasteiger charge is -2.08. The van der Waals surface area contributed by atoms with Gasteiger partial charge in [0.05, 0.1) is 6.10 Å². The highest BCUT2D eigenvalue weighted by atomic mass is 16.5. The van der Waals surface area contributed by atoms with Gasteiger partial charge >= 0.3 is 0 Å². The third-order valence-electron chi connectivity index (χ3n) is 2.38. The number of hydrogen-bond donors (Lipinski definition) is 0. The summed E-state index contributed by atoms with van der Waals surface area (Å²) in [5.74, 6) is 1.96. The van der Waals surface area contributed by atoms with Gasteiger partial charge in [0.25, 0.3) is 0 Å². The number of furan rings is 1. The molecule has 0 radical (unpaired) electrons. The van der Waals surface area contributed by atoms with Crippen molar-refractivity contribution in [3.05, 3.63) is 22.6 Å². The van der Waals surface area contributed by atoms with Crippen molar-refractivity contribution < 1.29 is 9.15 Å². The van der Waals surface area contributed by atoms with Crippen molar-refractivity contribution in [3.63, 3.8) is 0 Å². The van der Waals surface area contributed by atoms with E-state index in [9.17, 15) is 0 Å². The third-order valence-corrected chi connectivity index (χ3v) is 2.38. The van der Waals surface area contributed by atoms with E-state index >= 15 is 0 Å². The summed E-state index contributed by atoms with van der Waals surface area (Å²) in [5, 5.41) is 0. The Morgan fingerprint density at radius 2 is 1.75 bits per heavy atom. The maximum Gasteiger partial charge on any atom is 0.107 e. The lowest BCUT2D eigenvalue weighted by atomic mass is 10.1. The van der Waals surface area contributed by atoms with E-state index in [1.807, 2.05) is 20.8 Å². The maximum absolute atomic E-state index is 5.49. The second kappa shape index (κ2) is 3.31. The van der Waals surface area contributed by atoms with Crippen molar-refractivity contribution in [2.24, 2.45) is 0 Å². The molecule has 0 aromatic carbocycles. The average Bonchev–Trinajstić information content (AvgIpc) is 2.26. The van der Waals surface area contributed by atoms with Crippen molar-refractivity contribution in [1.29, 1.82) is 0 Å². The molecule has 0 bridgehead atoms. The first-order valence-electron chi connectivity index (χ1n) is 4.17. The van der Waals surface area contributed by atoms with Crippen molar-refractivity contribution >= 4 is 0 Å². The molecule has 68 valence electrons. The summed E-state index contributed by atoms with van der Waals surface area (Å²) in [6.07, 6.45) is 0.127. The summed E-state index contributed by atoms with van der Waals surface area (Å²) in [7, 11) is 1.71. The van der Waals surface area contributed by atoms with Gasteiger partial charge in [0.1, 0.15) is 11.5 Å². The Hall–Kier alpha value is -0.760. The lowest BCUT2D eigenvalue weighted by Crippen LogP contribution is -1.97. The Morgan fingerprint density at radius 3 is 2.08 bits per heavy atom. The highest BCUT2D eigenvalue weighted by Gasteiger charge is 2.16. The van der Waals surface area contributed by atoms with E-state index in [1.165, 1.54) is 11.1 Å². The van der Waals surface area contributed by atoms with Crippen LogP contribution in [-0.2, 0) is 4.74 Å². The van der Waals surface area contributed by atoms with Gasteiger partial charge in [0, 0.05) is 12.7 Å². The Kier molecular flexibility index (Phi) is 2.58. The fourth-order valence-electron chi connectivity index (χ4n) is 1.52. The van der Waals surface area contributed by atoms with Crippen molar-refractivity contribution in [1.82, 2.24) is 0 Å². The highest BCUT2D eigenvalue weighted by molar-refractivity contribution is 5.32. The van der Waals surface area contributed by atoms with Gasteiger partial charge in [-0.3, -0.25) is 0 Å². The Balaban J connectivity index is 3.13. The van der Waals surface area contributed by atoms with E-state index in [1.54, 1.807) is 7.11 Å². The largest absolute Gasteiger partial charge is 0.466 e. The average molecular weight is 168 g/mol. The van der Waals surface area contributed by atoms with Crippen LogP contribution in [0.3, 0.4) is 0 Å². The summed E-state index contributed by atoms with van der Waals surface area (Å²) in [6, 6.07) is 0. The normalized spacial score (nSPS) is 13.4. The lowest BCUT2D eigenvalue weighted by molar-refractivity contribution is 0.118. The molecule has 0 saturated carbocycles. The van der Waals surface area contributed by atoms with E-state index in [0.29, 0.717) is 0 Å². The molecule has 0 spiro atoms. The van der Waals surface area contributed by atoms with Crippen molar-refractivity contribution in [2.75, 3.05) is 7.11 Å². The van der Waals surface area contributed by atoms with Crippen LogP contribution in [0.15, 0.2) is 4.42 Å². The smallest absolute Gasteiger partial charge is 0.107 e. The minimum absolute atomic E-state index is 0.127. The van der Waals surface area contributed by atoms with Crippen molar-refractivity contribution in [3.8, 4) is 0 Å². The second-order valence-corrected chi connectivity index (χ2v) is 3.13. The summed E-state index contributed by atoms with van der Waals surface area (Å²) in [6.45, 7) is 8.06. The molecule has 0 amide bonds. The molecule has 2 nitrogen and oxygen atoms in total. The Morgan fingerprint density at radius 1 is 1.17 bits per heavy atom. The van der Waals surface area contributed by atoms with Gasteiger partial charge in [-0.05, 0) is 33.3 Å². The molecule has 1 heterocycles. The number of rotatable bonds is 2. The van der Waals surface area contributed by atoms with Crippen LogP contribution < -0.4 is 0 Å². The number of ether oxygens (including phenoxy) is 1. The van der Waals surface area contributed by atoms with E-state index in [4.69, 9.17) is 9.15 Å². The van der Waals surface area contributed by atoms with Crippen molar-refractivity contribution in [2.45, 2.75) is 33.8 Å². The molecule has 0 aliphatic heterocycles. The monoisotopic (exact) mass is 168 g/mol. The molecule has 0 aliphatic carbocycles. The quantitative estimate of drug-likeness (QED) is 0.677. The molecular formula is C10H16O2. The van der Waals surface area contributed by atoms with Crippen LogP contribution in [0, 0.1) is 20.8 Å². The first kappa shape index (κ1) is 9.33. The minimum Gasteiger partial charge on any atom is -0.466 e. The fraction of sp³-hybridized carbons (Fsp3) is 0.600. The maximum atomic E-state index is 5.49. The molecule has 0 N–H and O–H groups in total. The number of methoxy groups -OCH3 is 1. The summed E-state index contributed by atoms with van der Waals surface area (Å²) in [5.41, 5.74) is 2.40. The number of hydrogen-bond acceptors (Lipinski definition) is 2. The van der Waals surface area contributed by atoms with E-state index < -0.39 is 0 Å². The molecule has 1 rings (SSSR count). The van der Waals surface area contributed by atoms with Crippen LogP contribution in [0.5, 0.6) is 0 Å². The molecule has 0 saturated heterocycles. The zero-order valence-electron chi connectivity index (χ0n) is 8.39. The van der Waals surface area contributed by atoms with Crippen LogP contribution in [-0.4, -0.2) is 7.11 Å². The van der Waals surface area contributed by atoms with Gasteiger partial charge in [-0.1, -0.05) is 0 Å². The molecular weight excluding hydrogens is 152 g/mol. The third kappa shape index (κ3) is 1.39. The van der Waals surface area contributed by atoms with Crippen LogP contribution in [0.1, 0.15) is 35.7 Å². The fourth-order valence-corrected chi connectivity index (χ4v) is 1.52. The predicted octanol–water partition coefficient (Wildman–Crippen LogP) is 2.91. The van der Waals surface area contributed by atoms with Crippen LogP contribution in [0.2, 0.25) is 0 Å². The Labute approximate surface area is 73.5 Å². The standard InChI is InChI=1S/C10H16O2/c1-6-7(2)12-9(4)10(6)8(3)11-5/h8H,1-5H3. The first-order valence-corrected chi connectivity index (χ1v) is 4.17. The molecule has 2 heteroatoms. The molecule has 1 aromatic rings. The predicted molar refractivity (Wildman–Crippen MR) is 48.3 cm³/mol. The van der Waals surface area contributed by atoms with Gasteiger partial charge in [-0.15, -0.1) is 0 Å². The van der Waals surface area contributed by atoms with Gasteiger partial charge in [-0.2, -0.15) is 0 Å². The molecule has 1 aromatic heterocycles. The molecule has 1 atom stereocenters. The molecule has 0 fully saturated rings. The van der Waals surface area contributed by atoms with Crippen LogP contribution >= 0.6 is 0 Å². The topological polar surface area (TPSA) is 22.4 Å². The van der Waals surface area contributed by atoms with E-state index in [2.05, 4.69) is 6.92 Å². The van der Waals surface area contributed by atoms with Gasteiger partial charge in [-0.25, -0.2) is 0 Å². The molecule has 0 aliphatic rings. The summed E-state index contributed by atoms with van der Waals surface area (Å²) in [4.78, 5) is 0. The highest BCUT2D eigenvalue weighted by Crippen LogP contribution is 2.28. The zero-order chi connectivity index (χ0) is 9.30. The molecule has 12 heavy (non-hydrogen) atoms. The van der Waals surface area contributed by atoms with E-state index in [0.717, 1.165) is 11.5 Å². The minimum atomic E-state index is 0.127. The summed E-state index contributed by atoms with van der Waals surface area (Å²) >= 11 is 0. The second-order valence-electron chi connectivity index (χ2n) is 3.13. The van der Waals surface area contributed by atoms with Gasteiger partial charge < -0.3 is 9.15 Å². The van der Waals surface area contributed by atoms with E-state index in [-0.39, 0.29) is 6.10 Å². The van der Waals surface area contributed by atoms with Gasteiger partial charge in [0.15, 0.2) is 0 Å². The van der Waals surface area contributed by atoms with Crippen LogP contribution in [0.25, 0.3) is 0 Å². The van der Waals surface area contributed by atoms with Crippen LogP contribution in [0.4, 0.5) is 0 Å².